The van der Waals surface area contributed by atoms with Crippen molar-refractivity contribution in [1.82, 2.24) is 4.90 Å². The zero-order valence-electron chi connectivity index (χ0n) is 11.3. The molecule has 0 aromatic heterocycles. The van der Waals surface area contributed by atoms with Gasteiger partial charge in [-0.15, -0.1) is 0 Å². The molecule has 1 fully saturated rings. The maximum Gasteiger partial charge on any atom is 0.124 e. The lowest BCUT2D eigenvalue weighted by Gasteiger charge is -2.38. The van der Waals surface area contributed by atoms with E-state index in [2.05, 4.69) is 4.90 Å². The second kappa shape index (κ2) is 6.14. The van der Waals surface area contributed by atoms with E-state index in [4.69, 9.17) is 11.0 Å². The summed E-state index contributed by atoms with van der Waals surface area (Å²) < 4.78 is 13.4. The van der Waals surface area contributed by atoms with Crippen molar-refractivity contribution in [2.24, 2.45) is 5.73 Å². The van der Waals surface area contributed by atoms with Gasteiger partial charge in [-0.25, -0.2) is 4.39 Å². The average Bonchev–Trinajstić information content (AvgIpc) is 2.38. The highest BCUT2D eigenvalue weighted by molar-refractivity contribution is 5.33. The predicted molar refractivity (Wildman–Crippen MR) is 72.8 cm³/mol. The Balaban J connectivity index is 2.15. The van der Waals surface area contributed by atoms with E-state index in [1.165, 1.54) is 18.6 Å². The van der Waals surface area contributed by atoms with Crippen LogP contribution in [0.5, 0.6) is 0 Å². The van der Waals surface area contributed by atoms with Gasteiger partial charge < -0.3 is 5.73 Å². The van der Waals surface area contributed by atoms with Crippen LogP contribution in [0.4, 0.5) is 4.39 Å². The first-order valence-electron chi connectivity index (χ1n) is 6.79. The molecule has 0 spiro atoms. The fourth-order valence-electron chi connectivity index (χ4n) is 2.85. The number of halogens is 1. The molecule has 1 aliphatic rings. The molecule has 3 nitrogen and oxygen atoms in total. The number of rotatable bonds is 3. The van der Waals surface area contributed by atoms with Crippen molar-refractivity contribution in [3.8, 4) is 6.07 Å². The molecule has 102 valence electrons. The summed E-state index contributed by atoms with van der Waals surface area (Å²) in [5.74, 6) is -0.344. The van der Waals surface area contributed by atoms with Crippen molar-refractivity contribution in [3.63, 3.8) is 0 Å². The van der Waals surface area contributed by atoms with E-state index >= 15 is 0 Å². The molecule has 4 heteroatoms. The maximum absolute atomic E-state index is 13.4. The zero-order chi connectivity index (χ0) is 13.8. The Morgan fingerprint density at radius 3 is 2.95 bits per heavy atom. The number of benzene rings is 1. The topological polar surface area (TPSA) is 53.0 Å². The first kappa shape index (κ1) is 14.0. The van der Waals surface area contributed by atoms with Gasteiger partial charge in [0.05, 0.1) is 11.6 Å². The molecular formula is C15H20FN3. The normalized spacial score (nSPS) is 21.9. The van der Waals surface area contributed by atoms with Crippen LogP contribution in [0.15, 0.2) is 18.2 Å². The number of nitrogens with two attached hydrogens (primary N) is 1. The van der Waals surface area contributed by atoms with Gasteiger partial charge in [0.15, 0.2) is 0 Å². The van der Waals surface area contributed by atoms with Crippen LogP contribution in [0.1, 0.15) is 37.3 Å². The van der Waals surface area contributed by atoms with Gasteiger partial charge in [-0.1, -0.05) is 6.42 Å². The second-order valence-corrected chi connectivity index (χ2v) is 5.35. The van der Waals surface area contributed by atoms with Gasteiger partial charge in [0, 0.05) is 18.6 Å². The van der Waals surface area contributed by atoms with Crippen LogP contribution < -0.4 is 5.73 Å². The van der Waals surface area contributed by atoms with Crippen LogP contribution >= 0.6 is 0 Å². The monoisotopic (exact) mass is 261 g/mol. The minimum absolute atomic E-state index is 0.115. The lowest BCUT2D eigenvalue weighted by molar-refractivity contribution is 0.123. The van der Waals surface area contributed by atoms with Crippen LogP contribution in [-0.2, 0) is 6.54 Å². The number of hydrogen-bond acceptors (Lipinski definition) is 3. The number of piperidine rings is 1. The molecule has 2 unspecified atom stereocenters. The number of likely N-dealkylation sites (tertiary alicyclic amines) is 1. The van der Waals surface area contributed by atoms with Crippen LogP contribution in [0.3, 0.4) is 0 Å². The van der Waals surface area contributed by atoms with E-state index in [1.807, 2.05) is 13.0 Å². The third kappa shape index (κ3) is 3.52. The molecule has 0 saturated carbocycles. The molecule has 2 N–H and O–H groups in total. The van der Waals surface area contributed by atoms with E-state index < -0.39 is 0 Å². The van der Waals surface area contributed by atoms with Gasteiger partial charge in [0.2, 0.25) is 0 Å². The van der Waals surface area contributed by atoms with Crippen molar-refractivity contribution >= 4 is 0 Å². The van der Waals surface area contributed by atoms with Crippen molar-refractivity contribution in [2.75, 3.05) is 6.54 Å². The lowest BCUT2D eigenvalue weighted by Crippen LogP contribution is -2.48. The highest BCUT2D eigenvalue weighted by atomic mass is 19.1. The van der Waals surface area contributed by atoms with Gasteiger partial charge in [0.25, 0.3) is 0 Å². The van der Waals surface area contributed by atoms with E-state index in [-0.39, 0.29) is 11.9 Å². The van der Waals surface area contributed by atoms with Crippen LogP contribution in [0.25, 0.3) is 0 Å². The van der Waals surface area contributed by atoms with Crippen molar-refractivity contribution in [2.45, 2.75) is 44.8 Å². The third-order valence-corrected chi connectivity index (χ3v) is 3.74. The van der Waals surface area contributed by atoms with Gasteiger partial charge in [-0.3, -0.25) is 4.90 Å². The Labute approximate surface area is 113 Å². The van der Waals surface area contributed by atoms with Gasteiger partial charge in [-0.2, -0.15) is 5.26 Å². The first-order valence-corrected chi connectivity index (χ1v) is 6.79. The quantitative estimate of drug-likeness (QED) is 0.909. The minimum atomic E-state index is -0.344. The molecule has 1 saturated heterocycles. The van der Waals surface area contributed by atoms with Crippen LogP contribution in [0.2, 0.25) is 0 Å². The molecule has 2 rings (SSSR count). The molecule has 1 aromatic carbocycles. The highest BCUT2D eigenvalue weighted by Gasteiger charge is 2.25. The Morgan fingerprint density at radius 2 is 2.26 bits per heavy atom. The summed E-state index contributed by atoms with van der Waals surface area (Å²) in [4.78, 5) is 2.31. The van der Waals surface area contributed by atoms with Gasteiger partial charge in [0.1, 0.15) is 5.82 Å². The zero-order valence-corrected chi connectivity index (χ0v) is 11.3. The SMILES string of the molecule is CC(N)C1CCCCN1Cc1cc(F)cc(C#N)c1. The lowest BCUT2D eigenvalue weighted by atomic mass is 9.96. The molecule has 2 atom stereocenters. The van der Waals surface area contributed by atoms with E-state index in [9.17, 15) is 4.39 Å². The van der Waals surface area contributed by atoms with Gasteiger partial charge >= 0.3 is 0 Å². The highest BCUT2D eigenvalue weighted by Crippen LogP contribution is 2.22. The summed E-state index contributed by atoms with van der Waals surface area (Å²) in [5, 5.41) is 8.88. The fraction of sp³-hybridized carbons (Fsp3) is 0.533. The molecule has 1 aliphatic heterocycles. The van der Waals surface area contributed by atoms with E-state index in [1.54, 1.807) is 6.07 Å². The summed E-state index contributed by atoms with van der Waals surface area (Å²) in [5.41, 5.74) is 7.26. The fourth-order valence-corrected chi connectivity index (χ4v) is 2.85. The number of nitrogens with zero attached hydrogens (tertiary/aromatic N) is 2. The van der Waals surface area contributed by atoms with Crippen LogP contribution in [-0.4, -0.2) is 23.5 Å². The van der Waals surface area contributed by atoms with Crippen molar-refractivity contribution in [3.05, 3.63) is 35.1 Å². The molecule has 1 heterocycles. The molecule has 0 aliphatic carbocycles. The average molecular weight is 261 g/mol. The standard InChI is InChI=1S/C15H20FN3/c1-11(18)15-4-2-3-5-19(15)10-13-6-12(9-17)7-14(16)8-13/h6-8,11,15H,2-5,10,18H2,1H3. The van der Waals surface area contributed by atoms with E-state index in [0.717, 1.165) is 24.9 Å². The predicted octanol–water partition coefficient (Wildman–Crippen LogP) is 2.40. The third-order valence-electron chi connectivity index (χ3n) is 3.74. The first-order chi connectivity index (χ1) is 9.10. The molecule has 0 bridgehead atoms. The largest absolute Gasteiger partial charge is 0.327 e. The Bertz CT molecular complexity index is 479. The molecule has 0 amide bonds. The Hall–Kier alpha value is -1.44. The Morgan fingerprint density at radius 1 is 1.47 bits per heavy atom. The summed E-state index contributed by atoms with van der Waals surface area (Å²) >= 11 is 0. The summed E-state index contributed by atoms with van der Waals surface area (Å²) in [7, 11) is 0. The molecule has 1 aromatic rings. The number of hydrogen-bond donors (Lipinski definition) is 1. The molecule has 19 heavy (non-hydrogen) atoms. The maximum atomic E-state index is 13.4. The minimum Gasteiger partial charge on any atom is -0.327 e. The smallest absolute Gasteiger partial charge is 0.124 e. The van der Waals surface area contributed by atoms with Crippen LogP contribution in [0, 0.1) is 17.1 Å². The second-order valence-electron chi connectivity index (χ2n) is 5.35. The summed E-state index contributed by atoms with van der Waals surface area (Å²) in [6, 6.07) is 6.99. The molecule has 0 radical (unpaired) electrons. The number of nitriles is 1. The van der Waals surface area contributed by atoms with Crippen molar-refractivity contribution in [1.29, 1.82) is 5.26 Å². The van der Waals surface area contributed by atoms with Gasteiger partial charge in [-0.05, 0) is 50.1 Å². The summed E-state index contributed by atoms with van der Waals surface area (Å²) in [6.45, 7) is 3.68. The summed E-state index contributed by atoms with van der Waals surface area (Å²) in [6.07, 6.45) is 3.46. The van der Waals surface area contributed by atoms with Crippen molar-refractivity contribution < 1.29 is 4.39 Å². The van der Waals surface area contributed by atoms with E-state index in [0.29, 0.717) is 18.2 Å². The molecular weight excluding hydrogens is 241 g/mol. The Kier molecular flexibility index (Phi) is 4.52.